The minimum absolute atomic E-state index is 0.147. The molecular formula is C14H20N2O4S3. The molecule has 0 aromatic heterocycles. The third-order valence-electron chi connectivity index (χ3n) is 3.76. The van der Waals surface area contributed by atoms with Crippen molar-refractivity contribution in [1.29, 1.82) is 0 Å². The highest BCUT2D eigenvalue weighted by atomic mass is 32.2. The first kappa shape index (κ1) is 18.6. The molecule has 6 nitrogen and oxygen atoms in total. The fraction of sp³-hybridized carbons (Fsp3) is 0.500. The minimum Gasteiger partial charge on any atom is -0.289 e. The molecule has 2 N–H and O–H groups in total. The van der Waals surface area contributed by atoms with Gasteiger partial charge < -0.3 is 0 Å². The Kier molecular flexibility index (Phi) is 5.68. The monoisotopic (exact) mass is 376 g/mol. The largest absolute Gasteiger partial charge is 0.289 e. The van der Waals surface area contributed by atoms with E-state index in [1.54, 1.807) is 43.6 Å². The molecule has 0 bridgehead atoms. The molecular weight excluding hydrogens is 356 g/mol. The Morgan fingerprint density at radius 3 is 2.52 bits per heavy atom. The van der Waals surface area contributed by atoms with Crippen LogP contribution in [0.3, 0.4) is 0 Å². The van der Waals surface area contributed by atoms with E-state index in [1.165, 1.54) is 27.8 Å². The molecule has 1 fully saturated rings. The zero-order valence-electron chi connectivity index (χ0n) is 13.1. The molecule has 1 aromatic rings. The average molecular weight is 377 g/mol. The van der Waals surface area contributed by atoms with Gasteiger partial charge in [0.15, 0.2) is 0 Å². The van der Waals surface area contributed by atoms with Crippen molar-refractivity contribution in [3.8, 4) is 0 Å². The summed E-state index contributed by atoms with van der Waals surface area (Å²) >= 11 is 3.04. The number of benzene rings is 1. The molecule has 1 aromatic carbocycles. The van der Waals surface area contributed by atoms with Crippen molar-refractivity contribution >= 4 is 39.5 Å². The van der Waals surface area contributed by atoms with E-state index in [0.29, 0.717) is 5.75 Å². The lowest BCUT2D eigenvalue weighted by Crippen LogP contribution is -2.61. The number of hydrogen-bond donors (Lipinski definition) is 2. The Balaban J connectivity index is 2.44. The summed E-state index contributed by atoms with van der Waals surface area (Å²) in [5.41, 5.74) is 1.60. The second-order valence-electron chi connectivity index (χ2n) is 5.62. The third-order valence-corrected chi connectivity index (χ3v) is 7.73. The van der Waals surface area contributed by atoms with E-state index in [-0.39, 0.29) is 11.4 Å². The van der Waals surface area contributed by atoms with Gasteiger partial charge in [0, 0.05) is 21.9 Å². The van der Waals surface area contributed by atoms with Gasteiger partial charge in [-0.1, -0.05) is 0 Å². The Morgan fingerprint density at radius 2 is 2.00 bits per heavy atom. The lowest BCUT2D eigenvalue weighted by Gasteiger charge is -2.43. The van der Waals surface area contributed by atoms with Crippen molar-refractivity contribution in [2.75, 3.05) is 18.6 Å². The summed E-state index contributed by atoms with van der Waals surface area (Å²) in [4.78, 5) is 13.2. The summed E-state index contributed by atoms with van der Waals surface area (Å²) in [5, 5.41) is 9.01. The van der Waals surface area contributed by atoms with Gasteiger partial charge in [-0.05, 0) is 44.4 Å². The molecule has 1 unspecified atom stereocenters. The van der Waals surface area contributed by atoms with E-state index in [9.17, 15) is 13.2 Å². The van der Waals surface area contributed by atoms with Crippen LogP contribution in [0.4, 0.5) is 0 Å². The number of hydroxylamine groups is 1. The van der Waals surface area contributed by atoms with Gasteiger partial charge in [-0.2, -0.15) is 16.1 Å². The van der Waals surface area contributed by atoms with Gasteiger partial charge in [0.2, 0.25) is 10.0 Å². The number of nitrogens with one attached hydrogen (secondary N) is 1. The van der Waals surface area contributed by atoms with Crippen molar-refractivity contribution in [2.45, 2.75) is 34.4 Å². The third kappa shape index (κ3) is 3.69. The quantitative estimate of drug-likeness (QED) is 0.473. The van der Waals surface area contributed by atoms with E-state index in [1.807, 2.05) is 6.26 Å². The fourth-order valence-electron chi connectivity index (χ4n) is 2.60. The van der Waals surface area contributed by atoms with Crippen molar-refractivity contribution in [3.63, 3.8) is 0 Å². The topological polar surface area (TPSA) is 86.7 Å². The number of hydrogen-bond acceptors (Lipinski definition) is 6. The predicted molar refractivity (Wildman–Crippen MR) is 92.4 cm³/mol. The standard InChI is InChI=1S/C14H20N2O4S3/c1-14(2)12(13(17)15-18)16(8-9-22-14)23(19,20)11-6-4-10(21-3)5-7-11/h4-7,12,18H,8-9H2,1-3H3,(H,15,17). The summed E-state index contributed by atoms with van der Waals surface area (Å²) in [6.45, 7) is 3.82. The molecule has 1 aliphatic heterocycles. The number of carbonyl (C=O) groups excluding carboxylic acids is 1. The number of nitrogens with zero attached hydrogens (tertiary/aromatic N) is 1. The van der Waals surface area contributed by atoms with Gasteiger partial charge >= 0.3 is 0 Å². The lowest BCUT2D eigenvalue weighted by atomic mass is 10.0. The molecule has 128 valence electrons. The minimum atomic E-state index is -3.82. The molecule has 2 rings (SSSR count). The summed E-state index contributed by atoms with van der Waals surface area (Å²) in [6, 6.07) is 5.59. The predicted octanol–water partition coefficient (Wildman–Crippen LogP) is 1.80. The molecule has 0 spiro atoms. The summed E-state index contributed by atoms with van der Waals surface area (Å²) in [7, 11) is -3.82. The van der Waals surface area contributed by atoms with E-state index in [0.717, 1.165) is 4.90 Å². The van der Waals surface area contributed by atoms with Gasteiger partial charge in [-0.3, -0.25) is 10.0 Å². The molecule has 1 heterocycles. The molecule has 9 heteroatoms. The highest BCUT2D eigenvalue weighted by Gasteiger charge is 2.48. The van der Waals surface area contributed by atoms with Crippen LogP contribution in [-0.4, -0.2) is 53.2 Å². The average Bonchev–Trinajstić information content (AvgIpc) is 2.53. The molecule has 1 atom stereocenters. The van der Waals surface area contributed by atoms with Crippen LogP contribution in [0.15, 0.2) is 34.1 Å². The second kappa shape index (κ2) is 7.02. The molecule has 1 amide bonds. The normalized spacial score (nSPS) is 21.8. The Bertz CT molecular complexity index is 674. The van der Waals surface area contributed by atoms with E-state index >= 15 is 0 Å². The molecule has 0 saturated carbocycles. The first-order valence-electron chi connectivity index (χ1n) is 6.98. The first-order valence-corrected chi connectivity index (χ1v) is 10.6. The summed E-state index contributed by atoms with van der Waals surface area (Å²) < 4.78 is 26.4. The van der Waals surface area contributed by atoms with Gasteiger partial charge in [0.05, 0.1) is 4.90 Å². The van der Waals surface area contributed by atoms with Gasteiger partial charge in [0.1, 0.15) is 6.04 Å². The number of amides is 1. The van der Waals surface area contributed by atoms with Crippen LogP contribution in [0, 0.1) is 0 Å². The van der Waals surface area contributed by atoms with Crippen molar-refractivity contribution in [2.24, 2.45) is 0 Å². The van der Waals surface area contributed by atoms with Crippen LogP contribution < -0.4 is 5.48 Å². The second-order valence-corrected chi connectivity index (χ2v) is 10.1. The molecule has 1 saturated heterocycles. The van der Waals surface area contributed by atoms with Crippen molar-refractivity contribution in [1.82, 2.24) is 9.79 Å². The van der Waals surface area contributed by atoms with Crippen molar-refractivity contribution < 1.29 is 18.4 Å². The molecule has 0 aliphatic carbocycles. The van der Waals surface area contributed by atoms with Crippen LogP contribution >= 0.6 is 23.5 Å². The van der Waals surface area contributed by atoms with Crippen LogP contribution in [-0.2, 0) is 14.8 Å². The number of thioether (sulfide) groups is 2. The SMILES string of the molecule is CSc1ccc(S(=O)(=O)N2CCSC(C)(C)C2C(=O)NO)cc1. The van der Waals surface area contributed by atoms with E-state index in [2.05, 4.69) is 0 Å². The lowest BCUT2D eigenvalue weighted by molar-refractivity contribution is -0.134. The fourth-order valence-corrected chi connectivity index (χ4v) is 6.12. The van der Waals surface area contributed by atoms with E-state index < -0.39 is 26.7 Å². The number of carbonyl (C=O) groups is 1. The van der Waals surface area contributed by atoms with Crippen LogP contribution in [0.2, 0.25) is 0 Å². The van der Waals surface area contributed by atoms with Crippen LogP contribution in [0.25, 0.3) is 0 Å². The zero-order chi connectivity index (χ0) is 17.3. The smallest absolute Gasteiger partial charge is 0.263 e. The van der Waals surface area contributed by atoms with Gasteiger partial charge in [-0.15, -0.1) is 11.8 Å². The molecule has 23 heavy (non-hydrogen) atoms. The van der Waals surface area contributed by atoms with E-state index in [4.69, 9.17) is 5.21 Å². The Hall–Kier alpha value is -0.740. The maximum atomic E-state index is 13.0. The summed E-state index contributed by atoms with van der Waals surface area (Å²) in [6.07, 6.45) is 1.91. The molecule has 1 aliphatic rings. The van der Waals surface area contributed by atoms with Crippen LogP contribution in [0.5, 0.6) is 0 Å². The highest BCUT2D eigenvalue weighted by molar-refractivity contribution is 8.01. The maximum Gasteiger partial charge on any atom is 0.263 e. The van der Waals surface area contributed by atoms with Crippen molar-refractivity contribution in [3.05, 3.63) is 24.3 Å². The van der Waals surface area contributed by atoms with Gasteiger partial charge in [0.25, 0.3) is 5.91 Å². The number of sulfonamides is 1. The Morgan fingerprint density at radius 1 is 1.39 bits per heavy atom. The van der Waals surface area contributed by atoms with Gasteiger partial charge in [-0.25, -0.2) is 13.9 Å². The summed E-state index contributed by atoms with van der Waals surface area (Å²) in [5.74, 6) is -0.129. The number of rotatable bonds is 4. The Labute approximate surface area is 145 Å². The van der Waals surface area contributed by atoms with Crippen LogP contribution in [0.1, 0.15) is 13.8 Å². The first-order chi connectivity index (χ1) is 10.7. The highest BCUT2D eigenvalue weighted by Crippen LogP contribution is 2.38. The maximum absolute atomic E-state index is 13.0. The zero-order valence-corrected chi connectivity index (χ0v) is 15.6. The molecule has 0 radical (unpaired) electrons.